The molecule has 2 rings (SSSR count). The van der Waals surface area contributed by atoms with E-state index in [4.69, 9.17) is 0 Å². The molecule has 0 radical (unpaired) electrons. The summed E-state index contributed by atoms with van der Waals surface area (Å²) in [4.78, 5) is 3.24. The van der Waals surface area contributed by atoms with Crippen molar-refractivity contribution in [1.82, 2.24) is 0 Å². The molecule has 1 aromatic carbocycles. The van der Waals surface area contributed by atoms with Gasteiger partial charge in [-0.15, -0.1) is 0 Å². The highest BCUT2D eigenvalue weighted by Crippen LogP contribution is 2.10. The molecule has 0 fully saturated rings. The summed E-state index contributed by atoms with van der Waals surface area (Å²) in [6.45, 7) is 3.22. The van der Waals surface area contributed by atoms with Crippen molar-refractivity contribution in [1.29, 1.82) is 0 Å². The maximum atomic E-state index is 3.24. The first-order valence-corrected chi connectivity index (χ1v) is 4.02. The summed E-state index contributed by atoms with van der Waals surface area (Å²) in [6, 6.07) is 6.60. The normalized spacial score (nSPS) is 14.6. The van der Waals surface area contributed by atoms with Crippen LogP contribution in [0, 0.1) is 6.92 Å². The molecule has 0 saturated carbocycles. The minimum Gasteiger partial charge on any atom is -0.247 e. The molecule has 0 spiro atoms. The molecule has 11 heavy (non-hydrogen) atoms. The number of rotatable bonds is 0. The molecule has 0 atom stereocenters. The quantitative estimate of drug-likeness (QED) is 0.531. The van der Waals surface area contributed by atoms with Gasteiger partial charge < -0.3 is 0 Å². The van der Waals surface area contributed by atoms with Gasteiger partial charge in [0, 0.05) is 12.0 Å². The molecule has 1 heteroatoms. The van der Waals surface area contributed by atoms with E-state index < -0.39 is 0 Å². The molecule has 0 amide bonds. The third-order valence-electron chi connectivity index (χ3n) is 2.09. The van der Waals surface area contributed by atoms with Crippen molar-refractivity contribution in [2.75, 3.05) is 6.54 Å². The second-order valence-corrected chi connectivity index (χ2v) is 3.05. The lowest BCUT2D eigenvalue weighted by atomic mass is 10.0. The van der Waals surface area contributed by atoms with Crippen LogP contribution in [-0.2, 0) is 6.42 Å². The van der Waals surface area contributed by atoms with Crippen LogP contribution in [0.3, 0.4) is 0 Å². The highest BCUT2D eigenvalue weighted by atomic mass is 14.7. The molecular weight excluding hydrogens is 134 g/mol. The minimum absolute atomic E-state index is 1.08. The molecule has 1 aromatic rings. The number of aryl methyl sites for hydroxylation is 1. The maximum Gasteiger partial charge on any atom is 0.169 e. The van der Waals surface area contributed by atoms with Crippen molar-refractivity contribution >= 4 is 6.21 Å². The summed E-state index contributed by atoms with van der Waals surface area (Å²) >= 11 is 0. The first-order chi connectivity index (χ1) is 5.36. The van der Waals surface area contributed by atoms with Crippen LogP contribution in [0.5, 0.6) is 0 Å². The molecule has 1 aliphatic rings. The average molecular weight is 146 g/mol. The number of hydrogen-bond donors (Lipinski definition) is 1. The van der Waals surface area contributed by atoms with E-state index in [9.17, 15) is 0 Å². The third-order valence-corrected chi connectivity index (χ3v) is 2.09. The molecule has 1 N–H and O–H groups in total. The fourth-order valence-corrected chi connectivity index (χ4v) is 1.48. The second kappa shape index (κ2) is 2.50. The van der Waals surface area contributed by atoms with Crippen molar-refractivity contribution < 1.29 is 4.99 Å². The topological polar surface area (TPSA) is 14.0 Å². The lowest BCUT2D eigenvalue weighted by Crippen LogP contribution is -2.71. The Morgan fingerprint density at radius 3 is 3.18 bits per heavy atom. The minimum atomic E-state index is 1.08. The van der Waals surface area contributed by atoms with E-state index in [0.29, 0.717) is 0 Å². The summed E-state index contributed by atoms with van der Waals surface area (Å²) in [7, 11) is 0. The summed E-state index contributed by atoms with van der Waals surface area (Å²) in [5, 5.41) is 0. The summed E-state index contributed by atoms with van der Waals surface area (Å²) in [5.74, 6) is 0. The van der Waals surface area contributed by atoms with Gasteiger partial charge in [0.1, 0.15) is 6.54 Å². The van der Waals surface area contributed by atoms with Gasteiger partial charge in [0.15, 0.2) is 6.21 Å². The zero-order valence-corrected chi connectivity index (χ0v) is 6.72. The number of benzene rings is 1. The summed E-state index contributed by atoms with van der Waals surface area (Å²) in [6.07, 6.45) is 3.26. The SMILES string of the molecule is Cc1ccc2c(c1)CC[NH+]=C2. The largest absolute Gasteiger partial charge is 0.247 e. The Bertz CT molecular complexity index is 300. The van der Waals surface area contributed by atoms with E-state index in [1.165, 1.54) is 16.7 Å². The van der Waals surface area contributed by atoms with E-state index in [-0.39, 0.29) is 0 Å². The van der Waals surface area contributed by atoms with Crippen molar-refractivity contribution in [3.05, 3.63) is 34.9 Å². The zero-order chi connectivity index (χ0) is 7.68. The number of nitrogens with one attached hydrogen (secondary N) is 1. The van der Waals surface area contributed by atoms with Gasteiger partial charge in [-0.25, -0.2) is 4.99 Å². The molecule has 0 bridgehead atoms. The Hall–Kier alpha value is -1.11. The number of fused-ring (bicyclic) bond motifs is 1. The molecule has 0 aromatic heterocycles. The van der Waals surface area contributed by atoms with Gasteiger partial charge in [-0.3, -0.25) is 0 Å². The zero-order valence-electron chi connectivity index (χ0n) is 6.72. The van der Waals surface area contributed by atoms with Gasteiger partial charge in [0.05, 0.1) is 0 Å². The van der Waals surface area contributed by atoms with Crippen molar-refractivity contribution in [2.45, 2.75) is 13.3 Å². The number of hydrogen-bond acceptors (Lipinski definition) is 0. The van der Waals surface area contributed by atoms with Gasteiger partial charge in [-0.1, -0.05) is 17.7 Å². The lowest BCUT2D eigenvalue weighted by molar-refractivity contribution is -0.452. The van der Waals surface area contributed by atoms with Gasteiger partial charge >= 0.3 is 0 Å². The standard InChI is InChI=1S/C10H11N/c1-8-2-3-10-7-11-5-4-9(10)6-8/h2-3,6-7H,4-5H2,1H3/p+1. The first kappa shape index (κ1) is 6.59. The van der Waals surface area contributed by atoms with Gasteiger partial charge in [0.2, 0.25) is 0 Å². The molecule has 0 aliphatic carbocycles. The van der Waals surface area contributed by atoms with Gasteiger partial charge in [-0.05, 0) is 18.6 Å². The fraction of sp³-hybridized carbons (Fsp3) is 0.300. The van der Waals surface area contributed by atoms with Crippen LogP contribution in [0.4, 0.5) is 0 Å². The van der Waals surface area contributed by atoms with Crippen molar-refractivity contribution in [3.63, 3.8) is 0 Å². The van der Waals surface area contributed by atoms with Crippen LogP contribution in [0.25, 0.3) is 0 Å². The molecule has 0 saturated heterocycles. The van der Waals surface area contributed by atoms with Crippen LogP contribution in [0.15, 0.2) is 18.2 Å². The average Bonchev–Trinajstić information content (AvgIpc) is 2.04. The summed E-state index contributed by atoms with van der Waals surface area (Å²) in [5.41, 5.74) is 4.18. The summed E-state index contributed by atoms with van der Waals surface area (Å²) < 4.78 is 0. The molecule has 56 valence electrons. The lowest BCUT2D eigenvalue weighted by Gasteiger charge is -2.05. The van der Waals surface area contributed by atoms with Crippen LogP contribution in [0.2, 0.25) is 0 Å². The van der Waals surface area contributed by atoms with Crippen molar-refractivity contribution in [3.8, 4) is 0 Å². The van der Waals surface area contributed by atoms with Gasteiger partial charge in [-0.2, -0.15) is 0 Å². The van der Waals surface area contributed by atoms with Crippen LogP contribution in [-0.4, -0.2) is 12.8 Å². The second-order valence-electron chi connectivity index (χ2n) is 3.05. The molecule has 0 unspecified atom stereocenters. The highest BCUT2D eigenvalue weighted by Gasteiger charge is 2.07. The first-order valence-electron chi connectivity index (χ1n) is 4.02. The Labute approximate surface area is 66.8 Å². The predicted octanol–water partition coefficient (Wildman–Crippen LogP) is 0.0506. The molecular formula is C10H12N+. The monoisotopic (exact) mass is 146 g/mol. The maximum absolute atomic E-state index is 3.24. The van der Waals surface area contributed by atoms with Gasteiger partial charge in [0.25, 0.3) is 0 Å². The van der Waals surface area contributed by atoms with E-state index in [0.717, 1.165) is 13.0 Å². The Balaban J connectivity index is 2.53. The van der Waals surface area contributed by atoms with Crippen LogP contribution in [0.1, 0.15) is 16.7 Å². The Morgan fingerprint density at radius 2 is 2.27 bits per heavy atom. The van der Waals surface area contributed by atoms with E-state index in [2.05, 4.69) is 36.3 Å². The smallest absolute Gasteiger partial charge is 0.169 e. The predicted molar refractivity (Wildman–Crippen MR) is 45.9 cm³/mol. The molecule has 1 heterocycles. The highest BCUT2D eigenvalue weighted by molar-refractivity contribution is 5.78. The third kappa shape index (κ3) is 1.18. The van der Waals surface area contributed by atoms with Crippen molar-refractivity contribution in [2.24, 2.45) is 0 Å². The van der Waals surface area contributed by atoms with E-state index >= 15 is 0 Å². The van der Waals surface area contributed by atoms with E-state index in [1.807, 2.05) is 0 Å². The Morgan fingerprint density at radius 1 is 1.36 bits per heavy atom. The molecule has 1 aliphatic heterocycles. The Kier molecular flexibility index (Phi) is 1.50. The van der Waals surface area contributed by atoms with Crippen LogP contribution >= 0.6 is 0 Å². The van der Waals surface area contributed by atoms with E-state index in [1.54, 1.807) is 0 Å². The fourth-order valence-electron chi connectivity index (χ4n) is 1.48. The molecule has 1 nitrogen and oxygen atoms in total. The van der Waals surface area contributed by atoms with Crippen LogP contribution < -0.4 is 4.99 Å².